The van der Waals surface area contributed by atoms with Crippen LogP contribution in [0.1, 0.15) is 20.3 Å². The maximum absolute atomic E-state index is 9.90. The average Bonchev–Trinajstić information content (AvgIpc) is 2.75. The lowest BCUT2D eigenvalue weighted by atomic mass is 10.0. The van der Waals surface area contributed by atoms with Crippen LogP contribution in [-0.4, -0.2) is 27.2 Å². The number of thiophene rings is 1. The maximum Gasteiger partial charge on any atom is 0.138 e. The number of nitrogens with one attached hydrogen (secondary N) is 1. The van der Waals surface area contributed by atoms with Crippen molar-refractivity contribution < 1.29 is 5.11 Å². The highest BCUT2D eigenvalue weighted by Crippen LogP contribution is 2.24. The Morgan fingerprint density at radius 3 is 3.06 bits per heavy atom. The second-order valence-electron chi connectivity index (χ2n) is 4.07. The lowest BCUT2D eigenvalue weighted by Crippen LogP contribution is -2.32. The molecule has 0 fully saturated rings. The van der Waals surface area contributed by atoms with Gasteiger partial charge < -0.3 is 10.4 Å². The lowest BCUT2D eigenvalue weighted by Gasteiger charge is -2.21. The van der Waals surface area contributed by atoms with Crippen molar-refractivity contribution in [3.05, 3.63) is 17.8 Å². The normalized spacial score (nSPS) is 14.9. The van der Waals surface area contributed by atoms with Crippen molar-refractivity contribution in [2.45, 2.75) is 25.9 Å². The Hall–Kier alpha value is -1.20. The van der Waals surface area contributed by atoms with E-state index in [9.17, 15) is 5.11 Å². The highest BCUT2D eigenvalue weighted by Gasteiger charge is 2.17. The molecule has 0 bridgehead atoms. The first-order valence-electron chi connectivity index (χ1n) is 5.27. The van der Waals surface area contributed by atoms with Gasteiger partial charge in [0.05, 0.1) is 11.0 Å². The van der Waals surface area contributed by atoms with Crippen LogP contribution in [0.4, 0.5) is 5.82 Å². The van der Waals surface area contributed by atoms with E-state index in [0.29, 0.717) is 13.0 Å². The highest BCUT2D eigenvalue weighted by atomic mass is 32.1. The molecule has 2 aromatic rings. The first kappa shape index (κ1) is 11.3. The monoisotopic (exact) mass is 237 g/mol. The largest absolute Gasteiger partial charge is 0.388 e. The van der Waals surface area contributed by atoms with Crippen molar-refractivity contribution in [3.8, 4) is 0 Å². The van der Waals surface area contributed by atoms with Crippen LogP contribution >= 0.6 is 11.3 Å². The molecule has 0 saturated carbocycles. The van der Waals surface area contributed by atoms with Gasteiger partial charge in [-0.1, -0.05) is 6.92 Å². The predicted octanol–water partition coefficient (Wildman–Crippen LogP) is 2.26. The Balaban J connectivity index is 2.18. The van der Waals surface area contributed by atoms with Crippen molar-refractivity contribution in [1.82, 2.24) is 9.97 Å². The molecule has 5 heteroatoms. The van der Waals surface area contributed by atoms with E-state index >= 15 is 0 Å². The summed E-state index contributed by atoms with van der Waals surface area (Å²) in [5.41, 5.74) is -0.701. The van der Waals surface area contributed by atoms with Crippen molar-refractivity contribution >= 4 is 27.4 Å². The molecule has 0 amide bonds. The molecule has 0 spiro atoms. The molecule has 0 aliphatic heterocycles. The van der Waals surface area contributed by atoms with Crippen LogP contribution in [0.15, 0.2) is 17.8 Å². The third kappa shape index (κ3) is 2.31. The molecule has 4 nitrogen and oxygen atoms in total. The molecular weight excluding hydrogens is 222 g/mol. The molecule has 2 aromatic heterocycles. The Bertz CT molecular complexity index is 481. The van der Waals surface area contributed by atoms with Crippen LogP contribution in [-0.2, 0) is 0 Å². The SMILES string of the molecule is CCC(C)(O)CNc1ncnc2sccc12. The summed E-state index contributed by atoms with van der Waals surface area (Å²) in [6.45, 7) is 4.26. The van der Waals surface area contributed by atoms with Gasteiger partial charge in [0.2, 0.25) is 0 Å². The number of aliphatic hydroxyl groups is 1. The Labute approximate surface area is 98.4 Å². The lowest BCUT2D eigenvalue weighted by molar-refractivity contribution is 0.0697. The summed E-state index contributed by atoms with van der Waals surface area (Å²) in [5.74, 6) is 0.792. The van der Waals surface area contributed by atoms with Gasteiger partial charge in [-0.2, -0.15) is 0 Å². The number of rotatable bonds is 4. The number of hydrogen-bond acceptors (Lipinski definition) is 5. The van der Waals surface area contributed by atoms with Gasteiger partial charge in [-0.05, 0) is 24.8 Å². The summed E-state index contributed by atoms with van der Waals surface area (Å²) in [4.78, 5) is 9.33. The van der Waals surface area contributed by atoms with E-state index in [1.54, 1.807) is 17.7 Å². The minimum absolute atomic E-state index is 0.492. The zero-order valence-corrected chi connectivity index (χ0v) is 10.2. The molecule has 2 rings (SSSR count). The Morgan fingerprint density at radius 1 is 1.50 bits per heavy atom. The first-order chi connectivity index (χ1) is 7.62. The molecule has 1 atom stereocenters. The molecule has 1 unspecified atom stereocenters. The molecular formula is C11H15N3OS. The fraction of sp³-hybridized carbons (Fsp3) is 0.455. The van der Waals surface area contributed by atoms with Crippen molar-refractivity contribution in [3.63, 3.8) is 0 Å². The highest BCUT2D eigenvalue weighted by molar-refractivity contribution is 7.16. The minimum Gasteiger partial charge on any atom is -0.388 e. The van der Waals surface area contributed by atoms with E-state index in [2.05, 4.69) is 15.3 Å². The molecule has 0 aromatic carbocycles. The van der Waals surface area contributed by atoms with Gasteiger partial charge in [0.25, 0.3) is 0 Å². The molecule has 0 aliphatic carbocycles. The molecule has 0 radical (unpaired) electrons. The topological polar surface area (TPSA) is 58.0 Å². The van der Waals surface area contributed by atoms with E-state index in [-0.39, 0.29) is 0 Å². The number of fused-ring (bicyclic) bond motifs is 1. The summed E-state index contributed by atoms with van der Waals surface area (Å²) in [6, 6.07) is 1.99. The molecule has 86 valence electrons. The van der Waals surface area contributed by atoms with Crippen LogP contribution in [0, 0.1) is 0 Å². The van der Waals surface area contributed by atoms with Gasteiger partial charge >= 0.3 is 0 Å². The molecule has 0 aliphatic rings. The van der Waals surface area contributed by atoms with E-state index < -0.39 is 5.60 Å². The molecule has 0 saturated heterocycles. The minimum atomic E-state index is -0.701. The van der Waals surface area contributed by atoms with Crippen molar-refractivity contribution in [1.29, 1.82) is 0 Å². The van der Waals surface area contributed by atoms with Gasteiger partial charge in [-0.15, -0.1) is 11.3 Å². The maximum atomic E-state index is 9.90. The zero-order valence-electron chi connectivity index (χ0n) is 9.40. The Kier molecular flexibility index (Phi) is 3.07. The molecule has 2 heterocycles. The molecule has 16 heavy (non-hydrogen) atoms. The first-order valence-corrected chi connectivity index (χ1v) is 6.15. The van der Waals surface area contributed by atoms with E-state index in [0.717, 1.165) is 16.0 Å². The van der Waals surface area contributed by atoms with E-state index in [1.807, 2.05) is 25.3 Å². The summed E-state index contributed by atoms with van der Waals surface area (Å²) < 4.78 is 0. The average molecular weight is 237 g/mol. The fourth-order valence-corrected chi connectivity index (χ4v) is 2.06. The van der Waals surface area contributed by atoms with Crippen LogP contribution in [0.3, 0.4) is 0 Å². The third-order valence-electron chi connectivity index (χ3n) is 2.66. The van der Waals surface area contributed by atoms with Gasteiger partial charge in [-0.3, -0.25) is 0 Å². The van der Waals surface area contributed by atoms with Gasteiger partial charge in [0.1, 0.15) is 17.0 Å². The number of aromatic nitrogens is 2. The van der Waals surface area contributed by atoms with Crippen LogP contribution in [0.5, 0.6) is 0 Å². The summed E-state index contributed by atoms with van der Waals surface area (Å²) in [5, 5.41) is 16.1. The second kappa shape index (κ2) is 4.35. The predicted molar refractivity (Wildman–Crippen MR) is 66.8 cm³/mol. The summed E-state index contributed by atoms with van der Waals surface area (Å²) in [6.07, 6.45) is 2.25. The number of hydrogen-bond donors (Lipinski definition) is 2. The van der Waals surface area contributed by atoms with Gasteiger partial charge in [0, 0.05) is 6.54 Å². The van der Waals surface area contributed by atoms with E-state index in [1.165, 1.54) is 0 Å². The number of nitrogens with zero attached hydrogens (tertiary/aromatic N) is 2. The molecule has 2 N–H and O–H groups in total. The summed E-state index contributed by atoms with van der Waals surface area (Å²) >= 11 is 1.59. The van der Waals surface area contributed by atoms with Gasteiger partial charge in [0.15, 0.2) is 0 Å². The van der Waals surface area contributed by atoms with Crippen molar-refractivity contribution in [2.24, 2.45) is 0 Å². The van der Waals surface area contributed by atoms with Crippen LogP contribution < -0.4 is 5.32 Å². The van der Waals surface area contributed by atoms with Crippen molar-refractivity contribution in [2.75, 3.05) is 11.9 Å². The second-order valence-corrected chi connectivity index (χ2v) is 4.96. The fourth-order valence-electron chi connectivity index (χ4n) is 1.33. The van der Waals surface area contributed by atoms with Gasteiger partial charge in [-0.25, -0.2) is 9.97 Å². The quantitative estimate of drug-likeness (QED) is 0.856. The van der Waals surface area contributed by atoms with E-state index in [4.69, 9.17) is 0 Å². The van der Waals surface area contributed by atoms with Crippen LogP contribution in [0.2, 0.25) is 0 Å². The Morgan fingerprint density at radius 2 is 2.31 bits per heavy atom. The summed E-state index contributed by atoms with van der Waals surface area (Å²) in [7, 11) is 0. The smallest absolute Gasteiger partial charge is 0.138 e. The third-order valence-corrected chi connectivity index (χ3v) is 3.48. The standard InChI is InChI=1S/C11H15N3OS/c1-3-11(2,15)6-12-9-8-4-5-16-10(8)14-7-13-9/h4-5,7,15H,3,6H2,1-2H3,(H,12,13,14). The zero-order chi connectivity index (χ0) is 11.6. The van der Waals surface area contributed by atoms with Crippen LogP contribution in [0.25, 0.3) is 10.2 Å². The number of anilines is 1.